The maximum Gasteiger partial charge on any atom is 0.0788 e. The van der Waals surface area contributed by atoms with Crippen LogP contribution in [0.4, 0.5) is 5.69 Å². The molecular formula is C16H25NO. The Morgan fingerprint density at radius 3 is 2.78 bits per heavy atom. The number of aryl methyl sites for hydroxylation is 1. The predicted octanol–water partition coefficient (Wildman–Crippen LogP) is 3.54. The molecule has 0 aromatic heterocycles. The Hall–Kier alpha value is -1.02. The molecule has 1 unspecified atom stereocenters. The molecule has 1 aromatic rings. The van der Waals surface area contributed by atoms with E-state index in [-0.39, 0.29) is 6.10 Å². The molecule has 1 atom stereocenters. The highest BCUT2D eigenvalue weighted by Crippen LogP contribution is 2.31. The molecule has 2 heteroatoms. The highest BCUT2D eigenvalue weighted by atomic mass is 16.3. The molecule has 18 heavy (non-hydrogen) atoms. The summed E-state index contributed by atoms with van der Waals surface area (Å²) in [7, 11) is 0. The first-order chi connectivity index (χ1) is 8.61. The zero-order valence-electron chi connectivity index (χ0n) is 11.8. The molecule has 1 aliphatic rings. The number of anilines is 1. The van der Waals surface area contributed by atoms with E-state index in [1.165, 1.54) is 24.1 Å². The van der Waals surface area contributed by atoms with Gasteiger partial charge in [0.1, 0.15) is 0 Å². The van der Waals surface area contributed by atoms with Gasteiger partial charge in [-0.05, 0) is 42.4 Å². The van der Waals surface area contributed by atoms with Crippen LogP contribution in [-0.4, -0.2) is 18.2 Å². The average Bonchev–Trinajstić information content (AvgIpc) is 2.37. The van der Waals surface area contributed by atoms with Crippen molar-refractivity contribution < 1.29 is 5.11 Å². The summed E-state index contributed by atoms with van der Waals surface area (Å²) in [6.07, 6.45) is 2.88. The summed E-state index contributed by atoms with van der Waals surface area (Å²) in [6, 6.07) is 6.49. The van der Waals surface area contributed by atoms with Gasteiger partial charge in [-0.15, -0.1) is 0 Å². The zero-order chi connectivity index (χ0) is 13.1. The number of fused-ring (bicyclic) bond motifs is 1. The molecule has 2 rings (SSSR count). The molecule has 0 bridgehead atoms. The van der Waals surface area contributed by atoms with E-state index < -0.39 is 0 Å². The molecule has 1 N–H and O–H groups in total. The standard InChI is InChI=1S/C16H25NO/c1-4-16(18)14-8-7-13-6-5-9-17(11-12(2)3)15(13)10-14/h7-8,10,12,16,18H,4-6,9,11H2,1-3H3. The fourth-order valence-electron chi connectivity index (χ4n) is 2.74. The molecule has 0 amide bonds. The van der Waals surface area contributed by atoms with Crippen molar-refractivity contribution in [3.8, 4) is 0 Å². The molecule has 0 spiro atoms. The second-order valence-corrected chi connectivity index (χ2v) is 5.76. The molecule has 0 fully saturated rings. The van der Waals surface area contributed by atoms with E-state index in [1.807, 2.05) is 6.92 Å². The van der Waals surface area contributed by atoms with Gasteiger partial charge in [0, 0.05) is 18.8 Å². The van der Waals surface area contributed by atoms with Crippen LogP contribution in [0.25, 0.3) is 0 Å². The largest absolute Gasteiger partial charge is 0.388 e. The van der Waals surface area contributed by atoms with E-state index in [1.54, 1.807) is 0 Å². The average molecular weight is 247 g/mol. The number of nitrogens with zero attached hydrogens (tertiary/aromatic N) is 1. The summed E-state index contributed by atoms with van der Waals surface area (Å²) >= 11 is 0. The number of hydrogen-bond acceptors (Lipinski definition) is 2. The van der Waals surface area contributed by atoms with Crippen LogP contribution < -0.4 is 4.90 Å². The van der Waals surface area contributed by atoms with Gasteiger partial charge in [0.15, 0.2) is 0 Å². The van der Waals surface area contributed by atoms with E-state index in [0.717, 1.165) is 25.1 Å². The summed E-state index contributed by atoms with van der Waals surface area (Å²) in [4.78, 5) is 2.48. The first-order valence-electron chi connectivity index (χ1n) is 7.17. The summed E-state index contributed by atoms with van der Waals surface area (Å²) in [5, 5.41) is 9.98. The van der Waals surface area contributed by atoms with Crippen molar-refractivity contribution in [2.45, 2.75) is 46.1 Å². The highest BCUT2D eigenvalue weighted by molar-refractivity contribution is 5.57. The van der Waals surface area contributed by atoms with Crippen LogP contribution in [0, 0.1) is 5.92 Å². The Morgan fingerprint density at radius 1 is 1.33 bits per heavy atom. The normalized spacial score (nSPS) is 16.8. The van der Waals surface area contributed by atoms with Gasteiger partial charge >= 0.3 is 0 Å². The van der Waals surface area contributed by atoms with Crippen LogP contribution in [-0.2, 0) is 6.42 Å². The van der Waals surface area contributed by atoms with Crippen molar-refractivity contribution in [2.24, 2.45) is 5.92 Å². The summed E-state index contributed by atoms with van der Waals surface area (Å²) in [6.45, 7) is 8.81. The summed E-state index contributed by atoms with van der Waals surface area (Å²) in [5.74, 6) is 0.677. The maximum absolute atomic E-state index is 9.98. The van der Waals surface area contributed by atoms with Crippen LogP contribution in [0.1, 0.15) is 50.8 Å². The van der Waals surface area contributed by atoms with Gasteiger partial charge in [0.2, 0.25) is 0 Å². The smallest absolute Gasteiger partial charge is 0.0788 e. The quantitative estimate of drug-likeness (QED) is 0.879. The van der Waals surface area contributed by atoms with Crippen LogP contribution in [0.5, 0.6) is 0 Å². The summed E-state index contributed by atoms with van der Waals surface area (Å²) < 4.78 is 0. The van der Waals surface area contributed by atoms with Crippen LogP contribution in [0.15, 0.2) is 18.2 Å². The topological polar surface area (TPSA) is 23.5 Å². The second kappa shape index (κ2) is 5.75. The number of aliphatic hydroxyl groups is 1. The Morgan fingerprint density at radius 2 is 2.11 bits per heavy atom. The first-order valence-corrected chi connectivity index (χ1v) is 7.17. The lowest BCUT2D eigenvalue weighted by Gasteiger charge is -2.33. The molecule has 0 saturated heterocycles. The molecule has 2 nitrogen and oxygen atoms in total. The Bertz CT molecular complexity index is 400. The minimum Gasteiger partial charge on any atom is -0.388 e. The monoisotopic (exact) mass is 247 g/mol. The third kappa shape index (κ3) is 2.86. The van der Waals surface area contributed by atoms with Gasteiger partial charge in [0.25, 0.3) is 0 Å². The van der Waals surface area contributed by atoms with Crippen molar-refractivity contribution in [1.29, 1.82) is 0 Å². The number of rotatable bonds is 4. The Labute approximate surface area is 111 Å². The zero-order valence-corrected chi connectivity index (χ0v) is 11.8. The van der Waals surface area contributed by atoms with Gasteiger partial charge in [-0.3, -0.25) is 0 Å². The molecule has 100 valence electrons. The van der Waals surface area contributed by atoms with E-state index in [9.17, 15) is 5.11 Å². The first kappa shape index (κ1) is 13.4. The molecule has 1 aliphatic heterocycles. The van der Waals surface area contributed by atoms with E-state index >= 15 is 0 Å². The number of hydrogen-bond donors (Lipinski definition) is 1. The van der Waals surface area contributed by atoms with Gasteiger partial charge in [-0.2, -0.15) is 0 Å². The summed E-state index contributed by atoms with van der Waals surface area (Å²) in [5.41, 5.74) is 3.85. The third-order valence-corrected chi connectivity index (χ3v) is 3.68. The van der Waals surface area contributed by atoms with Crippen LogP contribution in [0.3, 0.4) is 0 Å². The molecule has 0 radical (unpaired) electrons. The van der Waals surface area contributed by atoms with E-state index in [0.29, 0.717) is 5.92 Å². The van der Waals surface area contributed by atoms with Gasteiger partial charge in [0.05, 0.1) is 6.10 Å². The molecular weight excluding hydrogens is 222 g/mol. The van der Waals surface area contributed by atoms with Crippen LogP contribution in [0.2, 0.25) is 0 Å². The van der Waals surface area contributed by atoms with E-state index in [4.69, 9.17) is 0 Å². The molecule has 1 heterocycles. The molecule has 1 aromatic carbocycles. The minimum atomic E-state index is -0.321. The minimum absolute atomic E-state index is 0.321. The van der Waals surface area contributed by atoms with Crippen LogP contribution >= 0.6 is 0 Å². The van der Waals surface area contributed by atoms with Gasteiger partial charge in [-0.25, -0.2) is 0 Å². The lowest BCUT2D eigenvalue weighted by molar-refractivity contribution is 0.173. The number of aliphatic hydroxyl groups excluding tert-OH is 1. The van der Waals surface area contributed by atoms with E-state index in [2.05, 4.69) is 36.9 Å². The van der Waals surface area contributed by atoms with Crippen molar-refractivity contribution in [1.82, 2.24) is 0 Å². The number of benzene rings is 1. The lowest BCUT2D eigenvalue weighted by Crippen LogP contribution is -2.32. The third-order valence-electron chi connectivity index (χ3n) is 3.68. The fourth-order valence-corrected chi connectivity index (χ4v) is 2.74. The van der Waals surface area contributed by atoms with Crippen molar-refractivity contribution in [3.05, 3.63) is 29.3 Å². The van der Waals surface area contributed by atoms with Gasteiger partial charge < -0.3 is 10.0 Å². The second-order valence-electron chi connectivity index (χ2n) is 5.76. The predicted molar refractivity (Wildman–Crippen MR) is 77.1 cm³/mol. The maximum atomic E-state index is 9.98. The SMILES string of the molecule is CCC(O)c1ccc2c(c1)N(CC(C)C)CCC2. The highest BCUT2D eigenvalue weighted by Gasteiger charge is 2.19. The van der Waals surface area contributed by atoms with Gasteiger partial charge in [-0.1, -0.05) is 32.9 Å². The fraction of sp³-hybridized carbons (Fsp3) is 0.625. The molecule has 0 aliphatic carbocycles. The lowest BCUT2D eigenvalue weighted by atomic mass is 9.96. The molecule has 0 saturated carbocycles. The van der Waals surface area contributed by atoms with Crippen molar-refractivity contribution in [2.75, 3.05) is 18.0 Å². The van der Waals surface area contributed by atoms with Crippen molar-refractivity contribution in [3.63, 3.8) is 0 Å². The van der Waals surface area contributed by atoms with Crippen molar-refractivity contribution >= 4 is 5.69 Å². The Kier molecular flexibility index (Phi) is 4.28. The Balaban J connectivity index is 2.29.